The van der Waals surface area contributed by atoms with Gasteiger partial charge in [-0.15, -0.1) is 0 Å². The van der Waals surface area contributed by atoms with Crippen LogP contribution in [-0.4, -0.2) is 11.1 Å². The third-order valence-electron chi connectivity index (χ3n) is 2.55. The average Bonchev–Trinajstić information content (AvgIpc) is 2.28. The van der Waals surface area contributed by atoms with Crippen molar-refractivity contribution in [2.24, 2.45) is 0 Å². The highest BCUT2D eigenvalue weighted by atomic mass is 35.5. The van der Waals surface area contributed by atoms with Crippen LogP contribution in [0.5, 0.6) is 0 Å². The number of hydrogen-bond donors (Lipinski definition) is 1. The standard InChI is InChI=1S/C14H10ClFO2/c15-11-5-1-3-9(7-11)14-10(8-13(17)18)4-2-6-12(14)16/h1-7H,8H2,(H,17,18). The number of carbonyl (C=O) groups is 1. The minimum atomic E-state index is -0.996. The van der Waals surface area contributed by atoms with E-state index in [1.807, 2.05) is 0 Å². The Hall–Kier alpha value is -1.87. The fourth-order valence-electron chi connectivity index (χ4n) is 1.85. The van der Waals surface area contributed by atoms with Gasteiger partial charge in [-0.2, -0.15) is 0 Å². The molecule has 0 aliphatic heterocycles. The zero-order valence-corrected chi connectivity index (χ0v) is 10.1. The maximum atomic E-state index is 13.9. The number of halogens is 2. The van der Waals surface area contributed by atoms with Crippen molar-refractivity contribution in [3.8, 4) is 11.1 Å². The van der Waals surface area contributed by atoms with Gasteiger partial charge in [-0.3, -0.25) is 4.79 Å². The van der Waals surface area contributed by atoms with Crippen LogP contribution in [0.15, 0.2) is 42.5 Å². The summed E-state index contributed by atoms with van der Waals surface area (Å²) in [5, 5.41) is 9.32. The molecule has 92 valence electrons. The molecule has 0 unspecified atom stereocenters. The Morgan fingerprint density at radius 3 is 2.61 bits per heavy atom. The summed E-state index contributed by atoms with van der Waals surface area (Å²) in [5.74, 6) is -1.44. The molecule has 0 aliphatic carbocycles. The lowest BCUT2D eigenvalue weighted by Gasteiger charge is -2.09. The Morgan fingerprint density at radius 2 is 1.94 bits per heavy atom. The van der Waals surface area contributed by atoms with Crippen LogP contribution >= 0.6 is 11.6 Å². The van der Waals surface area contributed by atoms with Gasteiger partial charge in [0.2, 0.25) is 0 Å². The number of carboxylic acid groups (broad SMARTS) is 1. The first-order valence-electron chi connectivity index (χ1n) is 5.33. The fourth-order valence-corrected chi connectivity index (χ4v) is 2.04. The Bertz CT molecular complexity index is 596. The third-order valence-corrected chi connectivity index (χ3v) is 2.79. The van der Waals surface area contributed by atoms with Crippen molar-refractivity contribution in [3.05, 3.63) is 58.9 Å². The number of carboxylic acids is 1. The van der Waals surface area contributed by atoms with E-state index in [2.05, 4.69) is 0 Å². The van der Waals surface area contributed by atoms with E-state index in [1.165, 1.54) is 12.1 Å². The highest BCUT2D eigenvalue weighted by Gasteiger charge is 2.13. The van der Waals surface area contributed by atoms with Crippen LogP contribution in [0.2, 0.25) is 5.02 Å². The molecular formula is C14H10ClFO2. The van der Waals surface area contributed by atoms with Gasteiger partial charge in [0, 0.05) is 10.6 Å². The molecule has 4 heteroatoms. The number of rotatable bonds is 3. The number of aliphatic carboxylic acids is 1. The molecule has 1 N–H and O–H groups in total. The van der Waals surface area contributed by atoms with Crippen LogP contribution in [0.1, 0.15) is 5.56 Å². The van der Waals surface area contributed by atoms with Crippen molar-refractivity contribution in [2.75, 3.05) is 0 Å². The molecule has 0 spiro atoms. The summed E-state index contributed by atoms with van der Waals surface area (Å²) >= 11 is 5.87. The minimum absolute atomic E-state index is 0.223. The molecule has 0 bridgehead atoms. The van der Waals surface area contributed by atoms with Gasteiger partial charge in [0.25, 0.3) is 0 Å². The maximum absolute atomic E-state index is 13.9. The zero-order valence-electron chi connectivity index (χ0n) is 9.36. The van der Waals surface area contributed by atoms with Gasteiger partial charge in [-0.05, 0) is 29.3 Å². The van der Waals surface area contributed by atoms with E-state index < -0.39 is 11.8 Å². The first kappa shape index (κ1) is 12.6. The first-order chi connectivity index (χ1) is 8.58. The molecule has 2 aromatic rings. The van der Waals surface area contributed by atoms with Crippen LogP contribution in [0.3, 0.4) is 0 Å². The second-order valence-electron chi connectivity index (χ2n) is 3.85. The van der Waals surface area contributed by atoms with Crippen molar-refractivity contribution < 1.29 is 14.3 Å². The lowest BCUT2D eigenvalue weighted by atomic mass is 9.97. The summed E-state index contributed by atoms with van der Waals surface area (Å²) in [7, 11) is 0. The lowest BCUT2D eigenvalue weighted by Crippen LogP contribution is -2.03. The smallest absolute Gasteiger partial charge is 0.307 e. The van der Waals surface area contributed by atoms with Gasteiger partial charge in [-0.1, -0.05) is 35.9 Å². The Labute approximate surface area is 109 Å². The van der Waals surface area contributed by atoms with Crippen LogP contribution in [0.25, 0.3) is 11.1 Å². The monoisotopic (exact) mass is 264 g/mol. The molecule has 0 amide bonds. The van der Waals surface area contributed by atoms with Gasteiger partial charge in [-0.25, -0.2) is 4.39 Å². The van der Waals surface area contributed by atoms with Crippen LogP contribution in [-0.2, 0) is 11.2 Å². The van der Waals surface area contributed by atoms with E-state index in [4.69, 9.17) is 16.7 Å². The predicted octanol–water partition coefficient (Wildman–Crippen LogP) is 3.77. The molecule has 0 radical (unpaired) electrons. The van der Waals surface area contributed by atoms with E-state index >= 15 is 0 Å². The summed E-state index contributed by atoms with van der Waals surface area (Å²) in [6.07, 6.45) is -0.223. The Balaban J connectivity index is 2.58. The van der Waals surface area contributed by atoms with Crippen LogP contribution < -0.4 is 0 Å². The topological polar surface area (TPSA) is 37.3 Å². The maximum Gasteiger partial charge on any atom is 0.307 e. The third kappa shape index (κ3) is 2.68. The van der Waals surface area contributed by atoms with E-state index in [1.54, 1.807) is 30.3 Å². The summed E-state index contributed by atoms with van der Waals surface area (Å²) in [5.41, 5.74) is 1.31. The Kier molecular flexibility index (Phi) is 3.63. The van der Waals surface area contributed by atoms with Gasteiger partial charge < -0.3 is 5.11 Å². The quantitative estimate of drug-likeness (QED) is 0.916. The van der Waals surface area contributed by atoms with Gasteiger partial charge in [0.05, 0.1) is 6.42 Å². The highest BCUT2D eigenvalue weighted by Crippen LogP contribution is 2.29. The van der Waals surface area contributed by atoms with Gasteiger partial charge in [0.1, 0.15) is 5.82 Å². The Morgan fingerprint density at radius 1 is 1.22 bits per heavy atom. The molecule has 0 fully saturated rings. The molecule has 2 aromatic carbocycles. The van der Waals surface area contributed by atoms with Gasteiger partial charge in [0.15, 0.2) is 0 Å². The summed E-state index contributed by atoms with van der Waals surface area (Å²) < 4.78 is 13.9. The van der Waals surface area contributed by atoms with E-state index in [0.717, 1.165) is 0 Å². The normalized spacial score (nSPS) is 10.3. The average molecular weight is 265 g/mol. The van der Waals surface area contributed by atoms with Crippen molar-refractivity contribution in [1.29, 1.82) is 0 Å². The SMILES string of the molecule is O=C(O)Cc1cccc(F)c1-c1cccc(Cl)c1. The lowest BCUT2D eigenvalue weighted by molar-refractivity contribution is -0.136. The van der Waals surface area contributed by atoms with E-state index in [-0.39, 0.29) is 6.42 Å². The molecular weight excluding hydrogens is 255 g/mol. The molecule has 0 saturated heterocycles. The second kappa shape index (κ2) is 5.19. The van der Waals surface area contributed by atoms with Crippen molar-refractivity contribution in [2.45, 2.75) is 6.42 Å². The second-order valence-corrected chi connectivity index (χ2v) is 4.29. The first-order valence-corrected chi connectivity index (χ1v) is 5.71. The molecule has 0 saturated carbocycles. The van der Waals surface area contributed by atoms with Crippen molar-refractivity contribution in [3.63, 3.8) is 0 Å². The molecule has 0 aromatic heterocycles. The van der Waals surface area contributed by atoms with Crippen molar-refractivity contribution in [1.82, 2.24) is 0 Å². The molecule has 2 rings (SSSR count). The van der Waals surface area contributed by atoms with Crippen molar-refractivity contribution >= 4 is 17.6 Å². The summed E-state index contributed by atoms with van der Waals surface area (Å²) in [6.45, 7) is 0. The van der Waals surface area contributed by atoms with E-state index in [9.17, 15) is 9.18 Å². The predicted molar refractivity (Wildman–Crippen MR) is 68.2 cm³/mol. The minimum Gasteiger partial charge on any atom is -0.481 e. The molecule has 0 aliphatic rings. The summed E-state index contributed by atoms with van der Waals surface area (Å²) in [6, 6.07) is 11.1. The highest BCUT2D eigenvalue weighted by molar-refractivity contribution is 6.30. The largest absolute Gasteiger partial charge is 0.481 e. The zero-order chi connectivity index (χ0) is 13.1. The van der Waals surface area contributed by atoms with E-state index in [0.29, 0.717) is 21.7 Å². The molecule has 2 nitrogen and oxygen atoms in total. The molecule has 18 heavy (non-hydrogen) atoms. The number of benzene rings is 2. The molecule has 0 heterocycles. The van der Waals surface area contributed by atoms with Crippen LogP contribution in [0.4, 0.5) is 4.39 Å². The molecule has 0 atom stereocenters. The van der Waals surface area contributed by atoms with Gasteiger partial charge >= 0.3 is 5.97 Å². The van der Waals surface area contributed by atoms with Crippen LogP contribution in [0, 0.1) is 5.82 Å². The fraction of sp³-hybridized carbons (Fsp3) is 0.0714. The summed E-state index contributed by atoms with van der Waals surface area (Å²) in [4.78, 5) is 10.8. The number of hydrogen-bond acceptors (Lipinski definition) is 1.